The Hall–Kier alpha value is -2.13. The molecule has 2 aromatic rings. The Balaban J connectivity index is 1.58. The van der Waals surface area contributed by atoms with Gasteiger partial charge in [-0.05, 0) is 30.7 Å². The van der Waals surface area contributed by atoms with E-state index in [-0.39, 0.29) is 5.41 Å². The fourth-order valence-corrected chi connectivity index (χ4v) is 5.33. The lowest BCUT2D eigenvalue weighted by Gasteiger charge is -2.40. The van der Waals surface area contributed by atoms with Crippen LogP contribution < -0.4 is 14.4 Å². The van der Waals surface area contributed by atoms with Crippen LogP contribution >= 0.6 is 0 Å². The summed E-state index contributed by atoms with van der Waals surface area (Å²) >= 11 is 0. The lowest BCUT2D eigenvalue weighted by atomic mass is 9.78. The Morgan fingerprint density at radius 3 is 2.25 bits per heavy atom. The first-order valence-corrected chi connectivity index (χ1v) is 11.3. The van der Waals surface area contributed by atoms with E-state index in [1.807, 2.05) is 12.1 Å². The van der Waals surface area contributed by atoms with E-state index in [2.05, 4.69) is 14.9 Å². The molecule has 4 rings (SSSR count). The highest BCUT2D eigenvalue weighted by Gasteiger charge is 2.43. The quantitative estimate of drug-likeness (QED) is 0.767. The van der Waals surface area contributed by atoms with Gasteiger partial charge in [-0.1, -0.05) is 0 Å². The lowest BCUT2D eigenvalue weighted by molar-refractivity contribution is 0.234. The van der Waals surface area contributed by atoms with Crippen molar-refractivity contribution in [3.8, 4) is 11.5 Å². The second kappa shape index (κ2) is 7.04. The van der Waals surface area contributed by atoms with Crippen molar-refractivity contribution in [3.63, 3.8) is 0 Å². The Morgan fingerprint density at radius 2 is 1.64 bits per heavy atom. The van der Waals surface area contributed by atoms with Crippen molar-refractivity contribution in [2.24, 2.45) is 5.41 Å². The first kappa shape index (κ1) is 19.2. The third kappa shape index (κ3) is 3.37. The Morgan fingerprint density at radius 1 is 1.00 bits per heavy atom. The maximum atomic E-state index is 11.9. The predicted molar refractivity (Wildman–Crippen MR) is 108 cm³/mol. The second-order valence-corrected chi connectivity index (χ2v) is 9.74. The average Bonchev–Trinajstić information content (AvgIpc) is 3.11. The third-order valence-corrected chi connectivity index (χ3v) is 7.37. The lowest BCUT2D eigenvalue weighted by Crippen LogP contribution is -2.42. The third-order valence-electron chi connectivity index (χ3n) is 6.12. The van der Waals surface area contributed by atoms with Gasteiger partial charge in [0.1, 0.15) is 12.1 Å². The molecule has 3 heterocycles. The molecule has 2 saturated heterocycles. The molecule has 9 heteroatoms. The van der Waals surface area contributed by atoms with Crippen molar-refractivity contribution in [2.45, 2.75) is 19.3 Å². The molecule has 0 saturated carbocycles. The Kier molecular flexibility index (Phi) is 4.83. The fraction of sp³-hybridized carbons (Fsp3) is 0.579. The highest BCUT2D eigenvalue weighted by atomic mass is 32.2. The van der Waals surface area contributed by atoms with Gasteiger partial charge in [0.25, 0.3) is 0 Å². The molecule has 8 nitrogen and oxygen atoms in total. The normalized spacial score (nSPS) is 20.0. The molecular formula is C19H26N4O4S. The zero-order valence-corrected chi connectivity index (χ0v) is 17.3. The maximum absolute atomic E-state index is 11.9. The van der Waals surface area contributed by atoms with Crippen molar-refractivity contribution < 1.29 is 17.9 Å². The van der Waals surface area contributed by atoms with Gasteiger partial charge in [0.2, 0.25) is 10.0 Å². The van der Waals surface area contributed by atoms with Gasteiger partial charge in [-0.3, -0.25) is 0 Å². The minimum atomic E-state index is -3.11. The van der Waals surface area contributed by atoms with Gasteiger partial charge < -0.3 is 14.4 Å². The molecule has 1 aromatic heterocycles. The van der Waals surface area contributed by atoms with Crippen molar-refractivity contribution in [1.29, 1.82) is 0 Å². The Bertz CT molecular complexity index is 987. The first-order valence-electron chi connectivity index (χ1n) is 9.42. The molecule has 1 spiro atoms. The van der Waals surface area contributed by atoms with E-state index in [4.69, 9.17) is 9.47 Å². The average molecular weight is 407 g/mol. The number of piperidine rings is 1. The molecule has 0 N–H and O–H groups in total. The van der Waals surface area contributed by atoms with Gasteiger partial charge in [0, 0.05) is 37.6 Å². The summed E-state index contributed by atoms with van der Waals surface area (Å²) in [6.45, 7) is 2.96. The molecule has 152 valence electrons. The van der Waals surface area contributed by atoms with E-state index in [1.54, 1.807) is 24.9 Å². The predicted octanol–water partition coefficient (Wildman–Crippen LogP) is 1.90. The van der Waals surface area contributed by atoms with Gasteiger partial charge >= 0.3 is 0 Å². The number of rotatable bonds is 4. The zero-order valence-electron chi connectivity index (χ0n) is 16.5. The minimum absolute atomic E-state index is 0.0866. The number of nitrogens with zero attached hydrogens (tertiary/aromatic N) is 4. The number of ether oxygens (including phenoxy) is 2. The van der Waals surface area contributed by atoms with E-state index in [0.29, 0.717) is 24.6 Å². The summed E-state index contributed by atoms with van der Waals surface area (Å²) in [5, 5.41) is 0.931. The van der Waals surface area contributed by atoms with Crippen LogP contribution in [0.15, 0.2) is 18.5 Å². The van der Waals surface area contributed by atoms with Crippen LogP contribution in [0.3, 0.4) is 0 Å². The summed E-state index contributed by atoms with van der Waals surface area (Å²) in [6.07, 6.45) is 5.73. The molecule has 2 aliphatic rings. The molecule has 0 unspecified atom stereocenters. The van der Waals surface area contributed by atoms with Crippen LogP contribution in [0, 0.1) is 5.41 Å². The number of sulfonamides is 1. The molecular weight excluding hydrogens is 380 g/mol. The summed E-state index contributed by atoms with van der Waals surface area (Å²) < 4.78 is 36.2. The summed E-state index contributed by atoms with van der Waals surface area (Å²) in [7, 11) is 0.112. The van der Waals surface area contributed by atoms with Crippen LogP contribution in [0.4, 0.5) is 5.82 Å². The van der Waals surface area contributed by atoms with Crippen LogP contribution in [0.5, 0.6) is 11.5 Å². The summed E-state index contributed by atoms with van der Waals surface area (Å²) in [6, 6.07) is 3.79. The first-order chi connectivity index (χ1) is 13.3. The van der Waals surface area contributed by atoms with Gasteiger partial charge in [0.05, 0.1) is 26.0 Å². The summed E-state index contributed by atoms with van der Waals surface area (Å²) in [5.74, 6) is 2.18. The summed E-state index contributed by atoms with van der Waals surface area (Å²) in [4.78, 5) is 11.2. The largest absolute Gasteiger partial charge is 0.493 e. The monoisotopic (exact) mass is 406 g/mol. The van der Waals surface area contributed by atoms with Crippen LogP contribution in [0.1, 0.15) is 19.3 Å². The van der Waals surface area contributed by atoms with E-state index < -0.39 is 10.0 Å². The Labute approximate surface area is 165 Å². The molecule has 28 heavy (non-hydrogen) atoms. The van der Waals surface area contributed by atoms with E-state index in [0.717, 1.165) is 49.1 Å². The number of aromatic nitrogens is 2. The second-order valence-electron chi connectivity index (χ2n) is 7.76. The minimum Gasteiger partial charge on any atom is -0.493 e. The SMILES string of the molecule is COc1cc2ncnc(N3CCC4(CC3)CCN(S(C)(=O)=O)C4)c2cc1OC. The number of anilines is 1. The molecule has 2 aliphatic heterocycles. The number of benzene rings is 1. The molecule has 0 bridgehead atoms. The highest BCUT2D eigenvalue weighted by Crippen LogP contribution is 2.43. The molecule has 0 atom stereocenters. The maximum Gasteiger partial charge on any atom is 0.211 e. The highest BCUT2D eigenvalue weighted by molar-refractivity contribution is 7.88. The zero-order chi connectivity index (χ0) is 19.9. The standard InChI is InChI=1S/C19H26N4O4S/c1-26-16-10-14-15(11-17(16)27-2)20-13-21-18(14)22-7-4-19(5-8-22)6-9-23(12-19)28(3,24)25/h10-11,13H,4-9,12H2,1-3H3. The topological polar surface area (TPSA) is 84.9 Å². The number of hydrogen-bond donors (Lipinski definition) is 0. The fourth-order valence-electron chi connectivity index (χ4n) is 4.40. The van der Waals surface area contributed by atoms with E-state index in [9.17, 15) is 8.42 Å². The summed E-state index contributed by atoms with van der Waals surface area (Å²) in [5.41, 5.74) is 0.899. The number of hydrogen-bond acceptors (Lipinski definition) is 7. The van der Waals surface area contributed by atoms with Gasteiger partial charge in [-0.25, -0.2) is 22.7 Å². The molecule has 0 aliphatic carbocycles. The molecule has 0 amide bonds. The van der Waals surface area contributed by atoms with Gasteiger partial charge in [-0.2, -0.15) is 0 Å². The molecule has 2 fully saturated rings. The van der Waals surface area contributed by atoms with Crippen LogP contribution in [-0.4, -0.2) is 69.3 Å². The van der Waals surface area contributed by atoms with Crippen LogP contribution in [-0.2, 0) is 10.0 Å². The van der Waals surface area contributed by atoms with Crippen molar-refractivity contribution in [1.82, 2.24) is 14.3 Å². The van der Waals surface area contributed by atoms with Crippen molar-refractivity contribution >= 4 is 26.7 Å². The van der Waals surface area contributed by atoms with Gasteiger partial charge in [0.15, 0.2) is 11.5 Å². The van der Waals surface area contributed by atoms with Crippen LogP contribution in [0.2, 0.25) is 0 Å². The van der Waals surface area contributed by atoms with Crippen molar-refractivity contribution in [2.75, 3.05) is 51.6 Å². The number of methoxy groups -OCH3 is 2. The van der Waals surface area contributed by atoms with E-state index in [1.165, 1.54) is 6.26 Å². The molecule has 1 aromatic carbocycles. The smallest absolute Gasteiger partial charge is 0.211 e. The number of fused-ring (bicyclic) bond motifs is 1. The van der Waals surface area contributed by atoms with E-state index >= 15 is 0 Å². The van der Waals surface area contributed by atoms with Crippen LogP contribution in [0.25, 0.3) is 10.9 Å². The van der Waals surface area contributed by atoms with Crippen molar-refractivity contribution in [3.05, 3.63) is 18.5 Å². The van der Waals surface area contributed by atoms with Gasteiger partial charge in [-0.15, -0.1) is 0 Å². The molecule has 0 radical (unpaired) electrons.